The average Bonchev–Trinajstić information content (AvgIpc) is 2.65. The molecule has 0 N–H and O–H groups in total. The first-order valence-corrected chi connectivity index (χ1v) is 4.24. The molecule has 0 radical (unpaired) electrons. The molecule has 0 amide bonds. The summed E-state index contributed by atoms with van der Waals surface area (Å²) in [6.07, 6.45) is 4.78. The van der Waals surface area contributed by atoms with Crippen molar-refractivity contribution in [2.24, 2.45) is 0 Å². The monoisotopic (exact) mass is 204 g/mol. The van der Waals surface area contributed by atoms with Gasteiger partial charge in [0.2, 0.25) is 0 Å². The summed E-state index contributed by atoms with van der Waals surface area (Å²) in [5.41, 5.74) is 1.16. The highest BCUT2D eigenvalue weighted by Crippen LogP contribution is 2.10. The molecule has 68 valence electrons. The summed E-state index contributed by atoms with van der Waals surface area (Å²) in [5.74, 6) is 0. The smallest absolute Gasteiger partial charge is 0.140 e. The van der Waals surface area contributed by atoms with Crippen LogP contribution >= 0.6 is 11.6 Å². The first-order valence-electron chi connectivity index (χ1n) is 3.86. The van der Waals surface area contributed by atoms with Crippen molar-refractivity contribution in [3.05, 3.63) is 41.4 Å². The molecule has 2 aromatic heterocycles. The maximum atomic E-state index is 8.55. The molecule has 0 aliphatic rings. The van der Waals surface area contributed by atoms with Crippen molar-refractivity contribution < 1.29 is 0 Å². The Kier molecular flexibility index (Phi) is 2.17. The summed E-state index contributed by atoms with van der Waals surface area (Å²) < 4.78 is 1.59. The van der Waals surface area contributed by atoms with Gasteiger partial charge in [0.1, 0.15) is 11.8 Å². The SMILES string of the molecule is N#Cc1ccc(-n2cc(Cl)cn2)cn1. The maximum absolute atomic E-state index is 8.55. The lowest BCUT2D eigenvalue weighted by atomic mass is 10.3. The summed E-state index contributed by atoms with van der Waals surface area (Å²) in [6, 6.07) is 5.33. The molecule has 5 heteroatoms. The highest BCUT2D eigenvalue weighted by molar-refractivity contribution is 6.30. The van der Waals surface area contributed by atoms with E-state index < -0.39 is 0 Å². The summed E-state index contributed by atoms with van der Waals surface area (Å²) in [7, 11) is 0. The molecule has 0 aromatic carbocycles. The van der Waals surface area contributed by atoms with Crippen LogP contribution in [0.5, 0.6) is 0 Å². The van der Waals surface area contributed by atoms with Crippen LogP contribution in [0, 0.1) is 11.3 Å². The van der Waals surface area contributed by atoms with E-state index in [1.54, 1.807) is 35.4 Å². The zero-order chi connectivity index (χ0) is 9.97. The minimum atomic E-state index is 0.381. The van der Waals surface area contributed by atoms with Crippen LogP contribution in [0.2, 0.25) is 5.02 Å². The zero-order valence-corrected chi connectivity index (χ0v) is 7.81. The minimum absolute atomic E-state index is 0.381. The molecule has 0 atom stereocenters. The van der Waals surface area contributed by atoms with E-state index >= 15 is 0 Å². The van der Waals surface area contributed by atoms with Crippen molar-refractivity contribution in [3.63, 3.8) is 0 Å². The van der Waals surface area contributed by atoms with Crippen LogP contribution < -0.4 is 0 Å². The summed E-state index contributed by atoms with van der Waals surface area (Å²) in [6.45, 7) is 0. The molecule has 2 rings (SSSR count). The van der Waals surface area contributed by atoms with Gasteiger partial charge in [-0.2, -0.15) is 10.4 Å². The van der Waals surface area contributed by atoms with E-state index in [4.69, 9.17) is 16.9 Å². The Morgan fingerprint density at radius 3 is 2.71 bits per heavy atom. The minimum Gasteiger partial charge on any atom is -0.243 e. The van der Waals surface area contributed by atoms with Crippen molar-refractivity contribution in [2.75, 3.05) is 0 Å². The number of aromatic nitrogens is 3. The first-order chi connectivity index (χ1) is 6.79. The Hall–Kier alpha value is -1.86. The standard InChI is InChI=1S/C9H5ClN4/c10-7-4-13-14(6-7)9-2-1-8(3-11)12-5-9/h1-2,4-6H. The lowest BCUT2D eigenvalue weighted by Gasteiger charge is -1.98. The summed E-state index contributed by atoms with van der Waals surface area (Å²) in [5, 5.41) is 13.1. The fourth-order valence-electron chi connectivity index (χ4n) is 1.03. The van der Waals surface area contributed by atoms with Gasteiger partial charge < -0.3 is 0 Å². The number of halogens is 1. The summed E-state index contributed by atoms with van der Waals surface area (Å²) in [4.78, 5) is 3.92. The normalized spacial score (nSPS) is 9.71. The van der Waals surface area contributed by atoms with Crippen LogP contribution in [-0.4, -0.2) is 14.8 Å². The number of rotatable bonds is 1. The second-order valence-corrected chi connectivity index (χ2v) is 3.05. The largest absolute Gasteiger partial charge is 0.243 e. The van der Waals surface area contributed by atoms with Crippen molar-refractivity contribution >= 4 is 11.6 Å². The molecular weight excluding hydrogens is 200 g/mol. The summed E-state index contributed by atoms with van der Waals surface area (Å²) >= 11 is 5.71. The van der Waals surface area contributed by atoms with E-state index in [1.165, 1.54) is 0 Å². The van der Waals surface area contributed by atoms with Gasteiger partial charge in [0.25, 0.3) is 0 Å². The number of nitriles is 1. The second kappa shape index (κ2) is 3.48. The fourth-order valence-corrected chi connectivity index (χ4v) is 1.17. The maximum Gasteiger partial charge on any atom is 0.140 e. The molecular formula is C9H5ClN4. The Balaban J connectivity index is 2.39. The molecule has 0 bridgehead atoms. The number of hydrogen-bond donors (Lipinski definition) is 0. The van der Waals surface area contributed by atoms with E-state index in [2.05, 4.69) is 10.1 Å². The van der Waals surface area contributed by atoms with Gasteiger partial charge in [0.05, 0.1) is 23.1 Å². The molecule has 0 fully saturated rings. The van der Waals surface area contributed by atoms with Gasteiger partial charge >= 0.3 is 0 Å². The molecule has 0 unspecified atom stereocenters. The molecule has 0 aliphatic heterocycles. The first kappa shape index (κ1) is 8.73. The topological polar surface area (TPSA) is 54.5 Å². The number of hydrogen-bond acceptors (Lipinski definition) is 3. The highest BCUT2D eigenvalue weighted by Gasteiger charge is 1.99. The van der Waals surface area contributed by atoms with E-state index in [0.29, 0.717) is 10.7 Å². The Bertz CT molecular complexity index is 480. The van der Waals surface area contributed by atoms with Gasteiger partial charge in [-0.3, -0.25) is 0 Å². The van der Waals surface area contributed by atoms with Gasteiger partial charge in [-0.05, 0) is 12.1 Å². The molecule has 0 spiro atoms. The second-order valence-electron chi connectivity index (χ2n) is 2.62. The van der Waals surface area contributed by atoms with Crippen LogP contribution in [0.3, 0.4) is 0 Å². The van der Waals surface area contributed by atoms with Gasteiger partial charge in [0.15, 0.2) is 0 Å². The molecule has 0 aliphatic carbocycles. The van der Waals surface area contributed by atoms with Crippen molar-refractivity contribution in [1.29, 1.82) is 5.26 Å². The average molecular weight is 205 g/mol. The molecule has 0 saturated carbocycles. The lowest BCUT2D eigenvalue weighted by Crippen LogP contribution is -1.95. The Labute approximate surface area is 85.4 Å². The van der Waals surface area contributed by atoms with Crippen LogP contribution in [-0.2, 0) is 0 Å². The third kappa shape index (κ3) is 1.58. The van der Waals surface area contributed by atoms with Crippen molar-refractivity contribution in [1.82, 2.24) is 14.8 Å². The molecule has 4 nitrogen and oxygen atoms in total. The predicted molar refractivity (Wildman–Crippen MR) is 51.1 cm³/mol. The molecule has 14 heavy (non-hydrogen) atoms. The highest BCUT2D eigenvalue weighted by atomic mass is 35.5. The molecule has 2 heterocycles. The van der Waals surface area contributed by atoms with Gasteiger partial charge in [0, 0.05) is 6.20 Å². The van der Waals surface area contributed by atoms with Crippen molar-refractivity contribution in [3.8, 4) is 11.8 Å². The van der Waals surface area contributed by atoms with E-state index in [0.717, 1.165) is 5.69 Å². The van der Waals surface area contributed by atoms with Gasteiger partial charge in [-0.15, -0.1) is 0 Å². The van der Waals surface area contributed by atoms with E-state index in [-0.39, 0.29) is 0 Å². The zero-order valence-electron chi connectivity index (χ0n) is 7.05. The fraction of sp³-hybridized carbons (Fsp3) is 0. The van der Waals surface area contributed by atoms with Crippen LogP contribution in [0.4, 0.5) is 0 Å². The molecule has 0 saturated heterocycles. The third-order valence-electron chi connectivity index (χ3n) is 1.68. The van der Waals surface area contributed by atoms with Gasteiger partial charge in [-0.25, -0.2) is 9.67 Å². The van der Waals surface area contributed by atoms with Crippen molar-refractivity contribution in [2.45, 2.75) is 0 Å². The molecule has 2 aromatic rings. The van der Waals surface area contributed by atoms with E-state index in [9.17, 15) is 0 Å². The quantitative estimate of drug-likeness (QED) is 0.712. The van der Waals surface area contributed by atoms with Crippen LogP contribution in [0.25, 0.3) is 5.69 Å². The van der Waals surface area contributed by atoms with Crippen LogP contribution in [0.1, 0.15) is 5.69 Å². The van der Waals surface area contributed by atoms with E-state index in [1.807, 2.05) is 6.07 Å². The Morgan fingerprint density at radius 2 is 2.21 bits per heavy atom. The number of nitrogens with zero attached hydrogens (tertiary/aromatic N) is 4. The predicted octanol–water partition coefficient (Wildman–Crippen LogP) is 1.79. The van der Waals surface area contributed by atoms with Crippen LogP contribution in [0.15, 0.2) is 30.7 Å². The Morgan fingerprint density at radius 1 is 1.36 bits per heavy atom. The third-order valence-corrected chi connectivity index (χ3v) is 1.87. The van der Waals surface area contributed by atoms with Gasteiger partial charge in [-0.1, -0.05) is 11.6 Å². The number of pyridine rings is 1. The lowest BCUT2D eigenvalue weighted by molar-refractivity contribution is 0.873.